The molecule has 7 heteroatoms. The maximum Gasteiger partial charge on any atom is 0.274 e. The molecule has 1 aliphatic heterocycles. The predicted octanol–water partition coefficient (Wildman–Crippen LogP) is 1.57. The number of aromatic nitrogens is 1. The zero-order valence-electron chi connectivity index (χ0n) is 15.7. The van der Waals surface area contributed by atoms with Crippen LogP contribution in [-0.2, 0) is 17.9 Å². The number of pyridine rings is 1. The molecule has 1 aromatic heterocycles. The Morgan fingerprint density at radius 3 is 2.58 bits per heavy atom. The smallest absolute Gasteiger partial charge is 0.274 e. The van der Waals surface area contributed by atoms with E-state index in [1.165, 1.54) is 6.07 Å². The number of rotatable bonds is 6. The molecule has 0 atom stereocenters. The van der Waals surface area contributed by atoms with Gasteiger partial charge in [-0.05, 0) is 33.1 Å². The Morgan fingerprint density at radius 2 is 2.00 bits per heavy atom. The zero-order valence-corrected chi connectivity index (χ0v) is 15.7. The van der Waals surface area contributed by atoms with E-state index in [9.17, 15) is 19.5 Å². The number of carbonyl (C=O) groups is 2. The average molecular weight is 361 g/mol. The molecule has 2 heterocycles. The van der Waals surface area contributed by atoms with Crippen LogP contribution in [0, 0.1) is 5.92 Å². The highest BCUT2D eigenvalue weighted by atomic mass is 16.3. The fraction of sp³-hybridized carbons (Fsp3) is 0.632. The highest BCUT2D eigenvalue weighted by Crippen LogP contribution is 2.32. The third kappa shape index (κ3) is 3.34. The summed E-state index contributed by atoms with van der Waals surface area (Å²) in [5, 5.41) is 10.2. The van der Waals surface area contributed by atoms with Crippen LogP contribution in [0.25, 0.3) is 0 Å². The van der Waals surface area contributed by atoms with Gasteiger partial charge in [-0.25, -0.2) is 0 Å². The lowest BCUT2D eigenvalue weighted by Gasteiger charge is -2.35. The first-order valence-corrected chi connectivity index (χ1v) is 9.40. The van der Waals surface area contributed by atoms with Crippen LogP contribution in [0.1, 0.15) is 56.2 Å². The molecule has 2 aliphatic rings. The van der Waals surface area contributed by atoms with Gasteiger partial charge < -0.3 is 19.5 Å². The average Bonchev–Trinajstić information content (AvgIpc) is 3.42. The lowest BCUT2D eigenvalue weighted by atomic mass is 10.1. The third-order valence-electron chi connectivity index (χ3n) is 5.11. The summed E-state index contributed by atoms with van der Waals surface area (Å²) in [6.07, 6.45) is 2.68. The van der Waals surface area contributed by atoms with Crippen LogP contribution in [0.15, 0.2) is 10.9 Å². The van der Waals surface area contributed by atoms with Gasteiger partial charge in [0.05, 0.1) is 6.54 Å². The molecule has 1 aromatic rings. The Bertz CT molecular complexity index is 780. The van der Waals surface area contributed by atoms with Gasteiger partial charge in [0.25, 0.3) is 5.91 Å². The molecule has 1 aliphatic carbocycles. The Kier molecular flexibility index (Phi) is 5.07. The number of hydrogen-bond donors (Lipinski definition) is 1. The van der Waals surface area contributed by atoms with Gasteiger partial charge in [0.1, 0.15) is 0 Å². The second kappa shape index (κ2) is 7.13. The number of hydrogen-bond acceptors (Lipinski definition) is 4. The number of carbonyl (C=O) groups excluding carboxylic acids is 2. The molecule has 0 radical (unpaired) electrons. The summed E-state index contributed by atoms with van der Waals surface area (Å²) in [5.74, 6) is -0.616. The van der Waals surface area contributed by atoms with Crippen molar-refractivity contribution in [3.8, 4) is 5.75 Å². The highest BCUT2D eigenvalue weighted by molar-refractivity contribution is 5.96. The molecule has 0 saturated heterocycles. The van der Waals surface area contributed by atoms with Crippen molar-refractivity contribution in [2.24, 2.45) is 5.92 Å². The van der Waals surface area contributed by atoms with Crippen molar-refractivity contribution in [1.29, 1.82) is 0 Å². The van der Waals surface area contributed by atoms with Gasteiger partial charge in [-0.3, -0.25) is 14.4 Å². The molecule has 1 saturated carbocycles. The molecule has 0 unspecified atom stereocenters. The second-order valence-corrected chi connectivity index (χ2v) is 7.48. The number of aromatic hydroxyl groups is 1. The molecule has 142 valence electrons. The van der Waals surface area contributed by atoms with Crippen molar-refractivity contribution in [3.05, 3.63) is 27.7 Å². The molecule has 7 nitrogen and oxygen atoms in total. The third-order valence-corrected chi connectivity index (χ3v) is 5.11. The molecule has 3 rings (SSSR count). The molecule has 1 N–H and O–H groups in total. The minimum atomic E-state index is -0.569. The van der Waals surface area contributed by atoms with E-state index < -0.39 is 11.2 Å². The van der Waals surface area contributed by atoms with E-state index in [2.05, 4.69) is 0 Å². The molecule has 0 bridgehead atoms. The van der Waals surface area contributed by atoms with E-state index in [0.717, 1.165) is 19.3 Å². The monoisotopic (exact) mass is 361 g/mol. The largest absolute Gasteiger partial charge is 0.503 e. The van der Waals surface area contributed by atoms with Crippen molar-refractivity contribution >= 4 is 11.8 Å². The summed E-state index contributed by atoms with van der Waals surface area (Å²) in [5.41, 5.74) is 0.0882. The van der Waals surface area contributed by atoms with Crippen molar-refractivity contribution < 1.29 is 14.7 Å². The van der Waals surface area contributed by atoms with E-state index in [1.54, 1.807) is 14.4 Å². The fourth-order valence-electron chi connectivity index (χ4n) is 3.55. The Balaban J connectivity index is 1.98. The summed E-state index contributed by atoms with van der Waals surface area (Å²) in [6, 6.07) is 1.35. The molecule has 0 aromatic carbocycles. The lowest BCUT2D eigenvalue weighted by Crippen LogP contribution is -2.46. The van der Waals surface area contributed by atoms with E-state index in [-0.39, 0.29) is 29.5 Å². The van der Waals surface area contributed by atoms with Gasteiger partial charge in [0.2, 0.25) is 11.3 Å². The first-order chi connectivity index (χ1) is 12.3. The number of amides is 2. The van der Waals surface area contributed by atoms with Crippen LogP contribution >= 0.6 is 0 Å². The predicted molar refractivity (Wildman–Crippen MR) is 97.0 cm³/mol. The van der Waals surface area contributed by atoms with E-state index >= 15 is 0 Å². The normalized spacial score (nSPS) is 16.8. The number of nitrogens with zero attached hydrogens (tertiary/aromatic N) is 3. The van der Waals surface area contributed by atoms with Gasteiger partial charge >= 0.3 is 0 Å². The topological polar surface area (TPSA) is 82.8 Å². The van der Waals surface area contributed by atoms with Gasteiger partial charge in [-0.1, -0.05) is 6.92 Å². The standard InChI is InChI=1S/C19H27N3O4/c1-4-7-20(18(25)13-5-6-13)11-14-10-15(23)17(24)16-19(26)21(12(2)3)8-9-22(14)16/h10,12-13,24H,4-9,11H2,1-3H3. The van der Waals surface area contributed by atoms with Crippen LogP contribution < -0.4 is 5.43 Å². The van der Waals surface area contributed by atoms with Crippen LogP contribution in [0.3, 0.4) is 0 Å². The molecular weight excluding hydrogens is 334 g/mol. The lowest BCUT2D eigenvalue weighted by molar-refractivity contribution is -0.133. The quantitative estimate of drug-likeness (QED) is 0.834. The zero-order chi connectivity index (χ0) is 19.0. The van der Waals surface area contributed by atoms with Crippen molar-refractivity contribution in [2.75, 3.05) is 13.1 Å². The van der Waals surface area contributed by atoms with Crippen molar-refractivity contribution in [2.45, 2.75) is 59.2 Å². The van der Waals surface area contributed by atoms with Gasteiger partial charge in [0.15, 0.2) is 11.4 Å². The molecule has 26 heavy (non-hydrogen) atoms. The van der Waals surface area contributed by atoms with Crippen molar-refractivity contribution in [1.82, 2.24) is 14.4 Å². The summed E-state index contributed by atoms with van der Waals surface area (Å²) in [6.45, 7) is 7.75. The SMILES string of the molecule is CCCN(Cc1cc(=O)c(O)c2n1CCN(C(C)C)C2=O)C(=O)C1CC1. The Labute approximate surface area is 153 Å². The molecule has 2 amide bonds. The highest BCUT2D eigenvalue weighted by Gasteiger charge is 2.35. The van der Waals surface area contributed by atoms with E-state index in [4.69, 9.17) is 0 Å². The Morgan fingerprint density at radius 1 is 1.31 bits per heavy atom. The summed E-state index contributed by atoms with van der Waals surface area (Å²) >= 11 is 0. The maximum absolute atomic E-state index is 12.8. The van der Waals surface area contributed by atoms with Crippen LogP contribution in [-0.4, -0.2) is 50.4 Å². The Hall–Kier alpha value is -2.31. The van der Waals surface area contributed by atoms with Gasteiger partial charge in [-0.15, -0.1) is 0 Å². The molecule has 0 spiro atoms. The van der Waals surface area contributed by atoms with Gasteiger partial charge in [0, 0.05) is 43.4 Å². The summed E-state index contributed by atoms with van der Waals surface area (Å²) < 4.78 is 1.71. The minimum Gasteiger partial charge on any atom is -0.503 e. The van der Waals surface area contributed by atoms with Crippen LogP contribution in [0.4, 0.5) is 0 Å². The summed E-state index contributed by atoms with van der Waals surface area (Å²) in [4.78, 5) is 41.0. The second-order valence-electron chi connectivity index (χ2n) is 7.48. The van der Waals surface area contributed by atoms with Crippen LogP contribution in [0.2, 0.25) is 0 Å². The number of fused-ring (bicyclic) bond motifs is 1. The van der Waals surface area contributed by atoms with Crippen LogP contribution in [0.5, 0.6) is 5.75 Å². The van der Waals surface area contributed by atoms with E-state index in [0.29, 0.717) is 31.9 Å². The van der Waals surface area contributed by atoms with Gasteiger partial charge in [-0.2, -0.15) is 0 Å². The first-order valence-electron chi connectivity index (χ1n) is 9.40. The molecule has 1 fully saturated rings. The molecular formula is C19H27N3O4. The minimum absolute atomic E-state index is 0.0116. The maximum atomic E-state index is 12.8. The first kappa shape index (κ1) is 18.5. The van der Waals surface area contributed by atoms with Crippen molar-refractivity contribution in [3.63, 3.8) is 0 Å². The fourth-order valence-corrected chi connectivity index (χ4v) is 3.55. The van der Waals surface area contributed by atoms with E-state index in [1.807, 2.05) is 20.8 Å². The summed E-state index contributed by atoms with van der Waals surface area (Å²) in [7, 11) is 0.